The number of aromatic nitrogens is 1. The maximum Gasteiger partial charge on any atom is 0.312 e. The number of anilines is 1. The summed E-state index contributed by atoms with van der Waals surface area (Å²) in [6.45, 7) is 5.08. The van der Waals surface area contributed by atoms with E-state index in [1.807, 2.05) is 0 Å². The van der Waals surface area contributed by atoms with Crippen LogP contribution in [0.5, 0.6) is 0 Å². The highest BCUT2D eigenvalue weighted by Gasteiger charge is 2.20. The maximum absolute atomic E-state index is 11.0. The Balaban J connectivity index is 3.09. The molecule has 0 bridgehead atoms. The Hall–Kier alpha value is -1.47. The van der Waals surface area contributed by atoms with Gasteiger partial charge in [-0.05, 0) is 15.9 Å². The molecule has 0 amide bonds. The Morgan fingerprint density at radius 3 is 3.00 bits per heavy atom. The monoisotopic (exact) mass is 315 g/mol. The molecule has 6 nitrogen and oxygen atoms in total. The summed E-state index contributed by atoms with van der Waals surface area (Å²) in [5.41, 5.74) is -0.0395. The molecule has 18 heavy (non-hydrogen) atoms. The standard InChI is InChI=1S/C11H14BrN3O3/c1-3-4-14(5-6-18-2)11-10(15(16)17)7-9(12)8-13-11/h3,7-8H,1,4-6H2,2H3. The molecule has 98 valence electrons. The van der Waals surface area contributed by atoms with Crippen molar-refractivity contribution in [2.24, 2.45) is 0 Å². The molecule has 0 aromatic carbocycles. The minimum atomic E-state index is -0.448. The number of ether oxygens (including phenoxy) is 1. The lowest BCUT2D eigenvalue weighted by atomic mass is 10.3. The van der Waals surface area contributed by atoms with Crippen LogP contribution in [0.4, 0.5) is 11.5 Å². The van der Waals surface area contributed by atoms with Gasteiger partial charge >= 0.3 is 5.69 Å². The van der Waals surface area contributed by atoms with Gasteiger partial charge in [0.1, 0.15) is 0 Å². The molecular weight excluding hydrogens is 302 g/mol. The zero-order chi connectivity index (χ0) is 13.5. The van der Waals surface area contributed by atoms with Crippen LogP contribution in [0, 0.1) is 10.1 Å². The van der Waals surface area contributed by atoms with Crippen LogP contribution in [0.15, 0.2) is 29.4 Å². The summed E-state index contributed by atoms with van der Waals surface area (Å²) in [4.78, 5) is 16.4. The van der Waals surface area contributed by atoms with Gasteiger partial charge in [0.25, 0.3) is 0 Å². The Labute approximate surface area is 114 Å². The van der Waals surface area contributed by atoms with Crippen LogP contribution in [0.3, 0.4) is 0 Å². The zero-order valence-corrected chi connectivity index (χ0v) is 11.6. The Morgan fingerprint density at radius 2 is 2.44 bits per heavy atom. The maximum atomic E-state index is 11.0. The van der Waals surface area contributed by atoms with Gasteiger partial charge in [0, 0.05) is 36.9 Å². The van der Waals surface area contributed by atoms with Gasteiger partial charge in [-0.2, -0.15) is 0 Å². The van der Waals surface area contributed by atoms with Crippen LogP contribution >= 0.6 is 15.9 Å². The van der Waals surface area contributed by atoms with Gasteiger partial charge in [0.2, 0.25) is 5.82 Å². The molecule has 0 aliphatic carbocycles. The van der Waals surface area contributed by atoms with E-state index in [9.17, 15) is 10.1 Å². The summed E-state index contributed by atoms with van der Waals surface area (Å²) in [5, 5.41) is 11.0. The lowest BCUT2D eigenvalue weighted by molar-refractivity contribution is -0.384. The van der Waals surface area contributed by atoms with Gasteiger partial charge in [-0.3, -0.25) is 10.1 Å². The van der Waals surface area contributed by atoms with E-state index in [-0.39, 0.29) is 5.69 Å². The Kier molecular flexibility index (Phi) is 5.73. The molecule has 1 aromatic rings. The van der Waals surface area contributed by atoms with Crippen molar-refractivity contribution in [3.63, 3.8) is 0 Å². The second kappa shape index (κ2) is 7.07. The number of nitro groups is 1. The van der Waals surface area contributed by atoms with Crippen LogP contribution in [0.2, 0.25) is 0 Å². The summed E-state index contributed by atoms with van der Waals surface area (Å²) in [7, 11) is 1.58. The van der Waals surface area contributed by atoms with Crippen LogP contribution in [0.25, 0.3) is 0 Å². The molecule has 0 radical (unpaired) electrons. The topological polar surface area (TPSA) is 68.5 Å². The Morgan fingerprint density at radius 1 is 1.72 bits per heavy atom. The largest absolute Gasteiger partial charge is 0.383 e. The average molecular weight is 316 g/mol. The molecule has 0 saturated carbocycles. The highest BCUT2D eigenvalue weighted by atomic mass is 79.9. The van der Waals surface area contributed by atoms with Crippen LogP contribution in [0.1, 0.15) is 0 Å². The molecule has 7 heteroatoms. The minimum absolute atomic E-state index is 0.0395. The van der Waals surface area contributed by atoms with Crippen LogP contribution in [-0.4, -0.2) is 36.7 Å². The highest BCUT2D eigenvalue weighted by molar-refractivity contribution is 9.10. The molecule has 1 aromatic heterocycles. The van der Waals surface area contributed by atoms with Crippen molar-refractivity contribution in [3.8, 4) is 0 Å². The second-order valence-electron chi connectivity index (χ2n) is 3.48. The number of hydrogen-bond acceptors (Lipinski definition) is 5. The summed E-state index contributed by atoms with van der Waals surface area (Å²) in [6.07, 6.45) is 3.20. The van der Waals surface area contributed by atoms with Crippen LogP contribution in [-0.2, 0) is 4.74 Å². The first-order valence-corrected chi connectivity index (χ1v) is 6.04. The van der Waals surface area contributed by atoms with Gasteiger partial charge in [-0.25, -0.2) is 4.98 Å². The molecule has 0 spiro atoms. The summed E-state index contributed by atoms with van der Waals surface area (Å²) in [5.74, 6) is 0.320. The lowest BCUT2D eigenvalue weighted by Gasteiger charge is -2.21. The SMILES string of the molecule is C=CCN(CCOC)c1ncc(Br)cc1[N+](=O)[O-]. The second-order valence-corrected chi connectivity index (χ2v) is 4.40. The fourth-order valence-corrected chi connectivity index (χ4v) is 1.76. The predicted molar refractivity (Wildman–Crippen MR) is 72.9 cm³/mol. The zero-order valence-electron chi connectivity index (χ0n) is 10.0. The van der Waals surface area contributed by atoms with Crippen molar-refractivity contribution in [1.82, 2.24) is 4.98 Å². The van der Waals surface area contributed by atoms with Crippen molar-refractivity contribution < 1.29 is 9.66 Å². The van der Waals surface area contributed by atoms with Gasteiger partial charge < -0.3 is 9.64 Å². The van der Waals surface area contributed by atoms with Crippen molar-refractivity contribution >= 4 is 27.4 Å². The van der Waals surface area contributed by atoms with E-state index in [1.165, 1.54) is 12.3 Å². The first-order valence-electron chi connectivity index (χ1n) is 5.25. The number of halogens is 1. The molecule has 0 unspecified atom stereocenters. The highest BCUT2D eigenvalue weighted by Crippen LogP contribution is 2.28. The summed E-state index contributed by atoms with van der Waals surface area (Å²) < 4.78 is 5.55. The minimum Gasteiger partial charge on any atom is -0.383 e. The fourth-order valence-electron chi connectivity index (χ4n) is 1.44. The molecular formula is C11H14BrN3O3. The van der Waals surface area contributed by atoms with Gasteiger partial charge in [-0.15, -0.1) is 6.58 Å². The van der Waals surface area contributed by atoms with Gasteiger partial charge in [0.15, 0.2) is 0 Å². The molecule has 0 aliphatic rings. The van der Waals surface area contributed by atoms with Crippen molar-refractivity contribution in [2.75, 3.05) is 31.7 Å². The number of rotatable bonds is 7. The van der Waals surface area contributed by atoms with Gasteiger partial charge in [-0.1, -0.05) is 6.08 Å². The first kappa shape index (κ1) is 14.6. The third-order valence-corrected chi connectivity index (χ3v) is 2.66. The molecule has 0 fully saturated rings. The van der Waals surface area contributed by atoms with E-state index < -0.39 is 4.92 Å². The quantitative estimate of drug-likeness (QED) is 0.439. The number of nitrogens with zero attached hydrogens (tertiary/aromatic N) is 3. The number of hydrogen-bond donors (Lipinski definition) is 0. The van der Waals surface area contributed by atoms with Crippen molar-refractivity contribution in [2.45, 2.75) is 0 Å². The molecule has 0 saturated heterocycles. The molecule has 1 rings (SSSR count). The summed E-state index contributed by atoms with van der Waals surface area (Å²) >= 11 is 3.18. The van der Waals surface area contributed by atoms with Crippen LogP contribution < -0.4 is 4.90 Å². The van der Waals surface area contributed by atoms with E-state index in [1.54, 1.807) is 18.1 Å². The average Bonchev–Trinajstić information content (AvgIpc) is 2.34. The molecule has 1 heterocycles. The predicted octanol–water partition coefficient (Wildman–Crippen LogP) is 2.39. The fraction of sp³-hybridized carbons (Fsp3) is 0.364. The third-order valence-electron chi connectivity index (χ3n) is 2.22. The van der Waals surface area contributed by atoms with Crippen molar-refractivity contribution in [3.05, 3.63) is 39.5 Å². The third kappa shape index (κ3) is 3.78. The lowest BCUT2D eigenvalue weighted by Crippen LogP contribution is -2.28. The van der Waals surface area contributed by atoms with E-state index in [2.05, 4.69) is 27.5 Å². The van der Waals surface area contributed by atoms with E-state index in [4.69, 9.17) is 4.74 Å². The molecule has 0 N–H and O–H groups in total. The van der Waals surface area contributed by atoms with E-state index in [0.717, 1.165) is 0 Å². The Bertz CT molecular complexity index is 440. The van der Waals surface area contributed by atoms with Crippen molar-refractivity contribution in [1.29, 1.82) is 0 Å². The molecule has 0 atom stereocenters. The summed E-state index contributed by atoms with van der Waals surface area (Å²) in [6, 6.07) is 1.44. The van der Waals surface area contributed by atoms with E-state index >= 15 is 0 Å². The molecule has 0 aliphatic heterocycles. The smallest absolute Gasteiger partial charge is 0.312 e. The first-order chi connectivity index (χ1) is 8.60. The number of pyridine rings is 1. The van der Waals surface area contributed by atoms with Gasteiger partial charge in [0.05, 0.1) is 11.5 Å². The number of methoxy groups -OCH3 is 1. The normalized spacial score (nSPS) is 10.1. The van der Waals surface area contributed by atoms with E-state index in [0.29, 0.717) is 30.0 Å².